The zero-order chi connectivity index (χ0) is 21.8. The Bertz CT molecular complexity index is 1080. The third-order valence-electron chi connectivity index (χ3n) is 4.90. The lowest BCUT2D eigenvalue weighted by Gasteiger charge is -2.12. The maximum atomic E-state index is 12.9. The Labute approximate surface area is 176 Å². The Balaban J connectivity index is 1.82. The quantitative estimate of drug-likeness (QED) is 0.569. The Morgan fingerprint density at radius 1 is 0.933 bits per heavy atom. The first-order valence-electron chi connectivity index (χ1n) is 9.80. The molecular weight excluding hydrogens is 380 g/mol. The largest absolute Gasteiger partial charge is 0.494 e. The molecule has 0 aliphatic heterocycles. The number of rotatable bonds is 8. The van der Waals surface area contributed by atoms with E-state index in [1.807, 2.05) is 62.6 Å². The fourth-order valence-electron chi connectivity index (χ4n) is 3.47. The summed E-state index contributed by atoms with van der Waals surface area (Å²) >= 11 is 0. The fraction of sp³-hybridized carbons (Fsp3) is 0.250. The van der Waals surface area contributed by atoms with Gasteiger partial charge in [-0.05, 0) is 75.7 Å². The summed E-state index contributed by atoms with van der Waals surface area (Å²) in [5, 5.41) is 0. The fourth-order valence-corrected chi connectivity index (χ4v) is 3.47. The van der Waals surface area contributed by atoms with Crippen LogP contribution in [0.1, 0.15) is 44.6 Å². The lowest BCUT2D eigenvalue weighted by Crippen LogP contribution is -2.17. The number of aromatic nitrogens is 1. The molecule has 1 aromatic heterocycles. The van der Waals surface area contributed by atoms with Crippen LogP contribution in [0.4, 0.5) is 0 Å². The molecule has 1 heterocycles. The number of aryl methyl sites for hydroxylation is 2. The van der Waals surface area contributed by atoms with Crippen LogP contribution in [-0.2, 0) is 0 Å². The van der Waals surface area contributed by atoms with E-state index < -0.39 is 5.91 Å². The molecule has 0 bridgehead atoms. The van der Waals surface area contributed by atoms with Crippen molar-refractivity contribution in [2.75, 3.05) is 13.2 Å². The summed E-state index contributed by atoms with van der Waals surface area (Å²) in [6, 6.07) is 14.7. The van der Waals surface area contributed by atoms with Crippen molar-refractivity contribution in [2.24, 2.45) is 5.73 Å². The highest BCUT2D eigenvalue weighted by atomic mass is 16.5. The van der Waals surface area contributed by atoms with Crippen LogP contribution >= 0.6 is 0 Å². The molecule has 0 aliphatic carbocycles. The molecular formula is C24H26N2O4. The van der Waals surface area contributed by atoms with Gasteiger partial charge < -0.3 is 19.8 Å². The molecule has 2 aromatic carbocycles. The first-order valence-corrected chi connectivity index (χ1v) is 9.80. The second-order valence-corrected chi connectivity index (χ2v) is 7.12. The van der Waals surface area contributed by atoms with Crippen molar-refractivity contribution in [3.05, 3.63) is 76.6 Å². The van der Waals surface area contributed by atoms with E-state index in [1.54, 1.807) is 18.2 Å². The second-order valence-electron chi connectivity index (χ2n) is 7.12. The van der Waals surface area contributed by atoms with Gasteiger partial charge in [-0.2, -0.15) is 0 Å². The average molecular weight is 406 g/mol. The van der Waals surface area contributed by atoms with Crippen LogP contribution in [0.3, 0.4) is 0 Å². The van der Waals surface area contributed by atoms with Crippen LogP contribution in [0, 0.1) is 20.8 Å². The first-order chi connectivity index (χ1) is 14.3. The Morgan fingerprint density at radius 2 is 1.63 bits per heavy atom. The standard InChI is InChI=1S/C24H26N2O4/c1-5-29-19-9-7-18(8-10-19)26-16(3)13-21(17(26)4)22(27)14-30-23-12-15(2)6-11-20(23)24(25)28/h6-13H,5,14H2,1-4H3,(H2,25,28). The highest BCUT2D eigenvalue weighted by molar-refractivity contribution is 5.99. The number of carbonyl (C=O) groups is 2. The average Bonchev–Trinajstić information content (AvgIpc) is 3.01. The van der Waals surface area contributed by atoms with Gasteiger partial charge in [0.05, 0.1) is 12.2 Å². The monoisotopic (exact) mass is 406 g/mol. The van der Waals surface area contributed by atoms with Crippen LogP contribution in [-0.4, -0.2) is 29.5 Å². The number of ketones is 1. The third-order valence-corrected chi connectivity index (χ3v) is 4.90. The highest BCUT2D eigenvalue weighted by Gasteiger charge is 2.18. The van der Waals surface area contributed by atoms with E-state index in [1.165, 1.54) is 0 Å². The topological polar surface area (TPSA) is 83.6 Å². The first kappa shape index (κ1) is 21.2. The zero-order valence-electron chi connectivity index (χ0n) is 17.7. The van der Waals surface area contributed by atoms with Gasteiger partial charge in [0.2, 0.25) is 5.78 Å². The number of carbonyl (C=O) groups excluding carboxylic acids is 2. The Hall–Kier alpha value is -3.54. The molecule has 0 unspecified atom stereocenters. The van der Waals surface area contributed by atoms with E-state index in [0.29, 0.717) is 17.9 Å². The summed E-state index contributed by atoms with van der Waals surface area (Å²) < 4.78 is 13.2. The third kappa shape index (κ3) is 4.38. The predicted octanol–water partition coefficient (Wildman–Crippen LogP) is 4.16. The van der Waals surface area contributed by atoms with Crippen molar-refractivity contribution in [1.29, 1.82) is 0 Å². The summed E-state index contributed by atoms with van der Waals surface area (Å²) in [6.07, 6.45) is 0. The summed E-state index contributed by atoms with van der Waals surface area (Å²) in [5.41, 5.74) is 9.87. The molecule has 0 saturated heterocycles. The van der Waals surface area contributed by atoms with Crippen LogP contribution in [0.15, 0.2) is 48.5 Å². The van der Waals surface area contributed by atoms with Crippen molar-refractivity contribution in [3.63, 3.8) is 0 Å². The summed E-state index contributed by atoms with van der Waals surface area (Å²) in [4.78, 5) is 24.5. The predicted molar refractivity (Wildman–Crippen MR) is 116 cm³/mol. The number of hydrogen-bond donors (Lipinski definition) is 1. The van der Waals surface area contributed by atoms with Crippen LogP contribution < -0.4 is 15.2 Å². The zero-order valence-corrected chi connectivity index (χ0v) is 17.7. The number of ether oxygens (including phenoxy) is 2. The van der Waals surface area contributed by atoms with Gasteiger partial charge in [-0.15, -0.1) is 0 Å². The van der Waals surface area contributed by atoms with Crippen LogP contribution in [0.25, 0.3) is 5.69 Å². The maximum absolute atomic E-state index is 12.9. The molecule has 0 fully saturated rings. The molecule has 156 valence electrons. The number of benzene rings is 2. The normalized spacial score (nSPS) is 10.7. The number of Topliss-reactive ketones (excluding diaryl/α,β-unsaturated/α-hetero) is 1. The van der Waals surface area contributed by atoms with Crippen molar-refractivity contribution in [2.45, 2.75) is 27.7 Å². The van der Waals surface area contributed by atoms with Gasteiger partial charge in [-0.3, -0.25) is 9.59 Å². The second kappa shape index (κ2) is 8.86. The lowest BCUT2D eigenvalue weighted by atomic mass is 10.1. The smallest absolute Gasteiger partial charge is 0.252 e. The molecule has 30 heavy (non-hydrogen) atoms. The minimum atomic E-state index is -0.592. The van der Waals surface area contributed by atoms with E-state index in [4.69, 9.17) is 15.2 Å². The van der Waals surface area contributed by atoms with E-state index in [0.717, 1.165) is 28.4 Å². The van der Waals surface area contributed by atoms with Crippen LogP contribution in [0.5, 0.6) is 11.5 Å². The van der Waals surface area contributed by atoms with Crippen molar-refractivity contribution in [1.82, 2.24) is 4.57 Å². The summed E-state index contributed by atoms with van der Waals surface area (Å²) in [6.45, 7) is 8.10. The Kier molecular flexibility index (Phi) is 6.26. The number of nitrogens with two attached hydrogens (primary N) is 1. The number of amides is 1. The highest BCUT2D eigenvalue weighted by Crippen LogP contribution is 2.24. The van der Waals surface area contributed by atoms with Gasteiger partial charge in [0.15, 0.2) is 6.61 Å². The Morgan fingerprint density at radius 3 is 2.27 bits per heavy atom. The number of nitrogens with zero attached hydrogens (tertiary/aromatic N) is 1. The van der Waals surface area contributed by atoms with E-state index >= 15 is 0 Å². The molecule has 0 aliphatic rings. The molecule has 1 amide bonds. The van der Waals surface area contributed by atoms with Gasteiger partial charge >= 0.3 is 0 Å². The van der Waals surface area contributed by atoms with E-state index in [9.17, 15) is 9.59 Å². The minimum Gasteiger partial charge on any atom is -0.494 e. The summed E-state index contributed by atoms with van der Waals surface area (Å²) in [5.74, 6) is 0.358. The molecule has 3 aromatic rings. The van der Waals surface area contributed by atoms with Gasteiger partial charge in [0, 0.05) is 22.6 Å². The van der Waals surface area contributed by atoms with E-state index in [-0.39, 0.29) is 18.0 Å². The van der Waals surface area contributed by atoms with Gasteiger partial charge in [0.25, 0.3) is 5.91 Å². The molecule has 6 heteroatoms. The van der Waals surface area contributed by atoms with Gasteiger partial charge in [0.1, 0.15) is 11.5 Å². The molecule has 0 radical (unpaired) electrons. The van der Waals surface area contributed by atoms with Crippen molar-refractivity contribution in [3.8, 4) is 17.2 Å². The minimum absolute atomic E-state index is 0.169. The van der Waals surface area contributed by atoms with Crippen LogP contribution in [0.2, 0.25) is 0 Å². The SMILES string of the molecule is CCOc1ccc(-n2c(C)cc(C(=O)COc3cc(C)ccc3C(N)=O)c2C)cc1. The van der Waals surface area contributed by atoms with Gasteiger partial charge in [-0.25, -0.2) is 0 Å². The van der Waals surface area contributed by atoms with Gasteiger partial charge in [-0.1, -0.05) is 6.07 Å². The summed E-state index contributed by atoms with van der Waals surface area (Å²) in [7, 11) is 0. The number of hydrogen-bond acceptors (Lipinski definition) is 4. The molecule has 2 N–H and O–H groups in total. The molecule has 3 rings (SSSR count). The van der Waals surface area contributed by atoms with Crippen molar-refractivity contribution >= 4 is 11.7 Å². The molecule has 0 atom stereocenters. The maximum Gasteiger partial charge on any atom is 0.252 e. The van der Waals surface area contributed by atoms with Crippen molar-refractivity contribution < 1.29 is 19.1 Å². The lowest BCUT2D eigenvalue weighted by molar-refractivity contribution is 0.0911. The molecule has 0 saturated carbocycles. The molecule has 6 nitrogen and oxygen atoms in total. The molecule has 0 spiro atoms. The van der Waals surface area contributed by atoms with E-state index in [2.05, 4.69) is 0 Å². The number of primary amides is 1.